The maximum Gasteiger partial charge on any atom is 0.414 e. The van der Waals surface area contributed by atoms with Crippen molar-refractivity contribution in [3.05, 3.63) is 51.5 Å². The van der Waals surface area contributed by atoms with Gasteiger partial charge in [-0.2, -0.15) is 0 Å². The Morgan fingerprint density at radius 2 is 1.50 bits per heavy atom. The van der Waals surface area contributed by atoms with Crippen molar-refractivity contribution < 1.29 is 34.0 Å². The molecule has 0 atom stereocenters. The van der Waals surface area contributed by atoms with Crippen LogP contribution in [0.25, 0.3) is 0 Å². The van der Waals surface area contributed by atoms with Gasteiger partial charge in [0.05, 0.1) is 21.3 Å². The quantitative estimate of drug-likeness (QED) is 0.405. The van der Waals surface area contributed by atoms with Gasteiger partial charge in [0.1, 0.15) is 0 Å². The molecule has 0 unspecified atom stereocenters. The summed E-state index contributed by atoms with van der Waals surface area (Å²) < 4.78 is 16.2. The number of carbonyl (C=O) groups is 2. The Hall–Kier alpha value is -2.68. The lowest BCUT2D eigenvalue weighted by Gasteiger charge is -2.16. The van der Waals surface area contributed by atoms with Gasteiger partial charge in [-0.15, -0.1) is 0 Å². The number of carboxylic acids is 2. The van der Waals surface area contributed by atoms with Crippen LogP contribution in [-0.4, -0.2) is 50.0 Å². The molecule has 0 heterocycles. The van der Waals surface area contributed by atoms with Gasteiger partial charge in [0.25, 0.3) is 0 Å². The summed E-state index contributed by atoms with van der Waals surface area (Å²) in [4.78, 5) is 18.2. The zero-order chi connectivity index (χ0) is 22.7. The third-order valence-electron chi connectivity index (χ3n) is 3.87. The monoisotopic (exact) mass is 459 g/mol. The normalized spacial score (nSPS) is 9.90. The van der Waals surface area contributed by atoms with E-state index >= 15 is 0 Å². The number of aliphatic carboxylic acids is 2. The highest BCUT2D eigenvalue weighted by Crippen LogP contribution is 2.39. The number of ether oxygens (including phenoxy) is 3. The van der Waals surface area contributed by atoms with E-state index in [4.69, 9.17) is 57.2 Å². The van der Waals surface area contributed by atoms with Crippen LogP contribution in [0.4, 0.5) is 0 Å². The van der Waals surface area contributed by atoms with Crippen molar-refractivity contribution in [2.45, 2.75) is 13.0 Å². The Morgan fingerprint density at radius 3 is 2.00 bits per heavy atom. The molecule has 0 fully saturated rings. The first kappa shape index (κ1) is 25.4. The molecule has 164 valence electrons. The highest BCUT2D eigenvalue weighted by molar-refractivity contribution is 6.35. The summed E-state index contributed by atoms with van der Waals surface area (Å²) in [6.07, 6.45) is 0.811. The van der Waals surface area contributed by atoms with E-state index in [-0.39, 0.29) is 0 Å². The van der Waals surface area contributed by atoms with Crippen molar-refractivity contribution in [1.29, 1.82) is 0 Å². The van der Waals surface area contributed by atoms with E-state index in [2.05, 4.69) is 5.32 Å². The van der Waals surface area contributed by atoms with Gasteiger partial charge in [0, 0.05) is 22.2 Å². The maximum absolute atomic E-state index is 9.10. The first-order chi connectivity index (χ1) is 14.2. The van der Waals surface area contributed by atoms with E-state index in [1.54, 1.807) is 27.4 Å². The largest absolute Gasteiger partial charge is 0.493 e. The lowest BCUT2D eigenvalue weighted by atomic mass is 10.1. The molecular formula is C20H23Cl2NO7. The van der Waals surface area contributed by atoms with E-state index in [1.807, 2.05) is 24.3 Å². The summed E-state index contributed by atoms with van der Waals surface area (Å²) in [7, 11) is 4.82. The van der Waals surface area contributed by atoms with Gasteiger partial charge < -0.3 is 29.7 Å². The SMILES string of the molecule is COc1ccc(CNCCc2ccc(Cl)cc2Cl)c(OC)c1OC.O=C(O)C(=O)O. The minimum Gasteiger partial charge on any atom is -0.493 e. The molecule has 3 N–H and O–H groups in total. The molecule has 0 aliphatic rings. The fourth-order valence-corrected chi connectivity index (χ4v) is 2.98. The zero-order valence-electron chi connectivity index (χ0n) is 16.7. The third kappa shape index (κ3) is 7.62. The summed E-state index contributed by atoms with van der Waals surface area (Å²) in [6, 6.07) is 9.39. The third-order valence-corrected chi connectivity index (χ3v) is 4.46. The molecule has 2 rings (SSSR count). The van der Waals surface area contributed by atoms with E-state index in [9.17, 15) is 0 Å². The van der Waals surface area contributed by atoms with Gasteiger partial charge in [-0.3, -0.25) is 0 Å². The Balaban J connectivity index is 0.000000656. The zero-order valence-corrected chi connectivity index (χ0v) is 18.2. The molecule has 0 bridgehead atoms. The highest BCUT2D eigenvalue weighted by atomic mass is 35.5. The van der Waals surface area contributed by atoms with Crippen LogP contribution < -0.4 is 19.5 Å². The average molecular weight is 460 g/mol. The Morgan fingerprint density at radius 1 is 0.900 bits per heavy atom. The number of benzene rings is 2. The second kappa shape index (κ2) is 12.8. The number of hydrogen-bond acceptors (Lipinski definition) is 6. The fraction of sp³-hybridized carbons (Fsp3) is 0.300. The van der Waals surface area contributed by atoms with Crippen LogP contribution in [0, 0.1) is 0 Å². The molecule has 2 aromatic carbocycles. The standard InChI is InChI=1S/C18H21Cl2NO3.C2H2O4/c1-22-16-7-5-13(17(23-2)18(16)24-3)11-21-9-8-12-4-6-14(19)10-15(12)20;3-1(4)2(5)6/h4-7,10,21H,8-9,11H2,1-3H3;(H,3,4)(H,5,6). The lowest BCUT2D eigenvalue weighted by molar-refractivity contribution is -0.159. The first-order valence-electron chi connectivity index (χ1n) is 8.63. The maximum atomic E-state index is 9.10. The van der Waals surface area contributed by atoms with E-state index in [0.29, 0.717) is 33.8 Å². The van der Waals surface area contributed by atoms with Crippen molar-refractivity contribution in [2.24, 2.45) is 0 Å². The van der Waals surface area contributed by atoms with Crippen molar-refractivity contribution in [1.82, 2.24) is 5.32 Å². The van der Waals surface area contributed by atoms with Crippen LogP contribution in [0.5, 0.6) is 17.2 Å². The van der Waals surface area contributed by atoms with Crippen molar-refractivity contribution in [2.75, 3.05) is 27.9 Å². The first-order valence-corrected chi connectivity index (χ1v) is 9.39. The molecular weight excluding hydrogens is 437 g/mol. The van der Waals surface area contributed by atoms with Gasteiger partial charge in [-0.1, -0.05) is 35.3 Å². The van der Waals surface area contributed by atoms with Crippen LogP contribution in [0.15, 0.2) is 30.3 Å². The van der Waals surface area contributed by atoms with Crippen LogP contribution in [-0.2, 0) is 22.6 Å². The molecule has 0 aliphatic heterocycles. The van der Waals surface area contributed by atoms with Crippen LogP contribution in [0.1, 0.15) is 11.1 Å². The number of halogens is 2. The van der Waals surface area contributed by atoms with Crippen molar-refractivity contribution >= 4 is 35.1 Å². The highest BCUT2D eigenvalue weighted by Gasteiger charge is 2.15. The van der Waals surface area contributed by atoms with E-state index in [0.717, 1.165) is 24.1 Å². The topological polar surface area (TPSA) is 114 Å². The molecule has 0 amide bonds. The average Bonchev–Trinajstić information content (AvgIpc) is 2.72. The smallest absolute Gasteiger partial charge is 0.414 e. The van der Waals surface area contributed by atoms with E-state index in [1.165, 1.54) is 0 Å². The number of carboxylic acid groups (broad SMARTS) is 2. The minimum atomic E-state index is -1.82. The number of hydrogen-bond donors (Lipinski definition) is 3. The van der Waals surface area contributed by atoms with Gasteiger partial charge in [-0.05, 0) is 36.7 Å². The number of methoxy groups -OCH3 is 3. The summed E-state index contributed by atoms with van der Waals surface area (Å²) in [5.74, 6) is -1.73. The molecule has 0 radical (unpaired) electrons. The Labute approximate surface area is 184 Å². The van der Waals surface area contributed by atoms with Crippen LogP contribution in [0.2, 0.25) is 10.0 Å². The minimum absolute atomic E-state index is 0.597. The molecule has 0 saturated heterocycles. The van der Waals surface area contributed by atoms with Crippen molar-refractivity contribution in [3.63, 3.8) is 0 Å². The Kier molecular flexibility index (Phi) is 10.8. The molecule has 0 spiro atoms. The van der Waals surface area contributed by atoms with Gasteiger partial charge in [-0.25, -0.2) is 9.59 Å². The Bertz CT molecular complexity index is 862. The van der Waals surface area contributed by atoms with Crippen LogP contribution in [0.3, 0.4) is 0 Å². The van der Waals surface area contributed by atoms with Crippen LogP contribution >= 0.6 is 23.2 Å². The lowest BCUT2D eigenvalue weighted by Crippen LogP contribution is -2.17. The molecule has 8 nitrogen and oxygen atoms in total. The summed E-state index contributed by atoms with van der Waals surface area (Å²) >= 11 is 12.1. The molecule has 2 aromatic rings. The van der Waals surface area contributed by atoms with Gasteiger partial charge in [0.2, 0.25) is 5.75 Å². The summed E-state index contributed by atoms with van der Waals surface area (Å²) in [5.41, 5.74) is 2.06. The van der Waals surface area contributed by atoms with E-state index < -0.39 is 11.9 Å². The molecule has 30 heavy (non-hydrogen) atoms. The summed E-state index contributed by atoms with van der Waals surface area (Å²) in [6.45, 7) is 1.42. The molecule has 0 aromatic heterocycles. The molecule has 0 saturated carbocycles. The number of rotatable bonds is 8. The summed E-state index contributed by atoms with van der Waals surface area (Å²) in [5, 5.41) is 19.5. The van der Waals surface area contributed by atoms with Gasteiger partial charge in [0.15, 0.2) is 11.5 Å². The second-order valence-corrected chi connectivity index (χ2v) is 6.61. The molecule has 10 heteroatoms. The van der Waals surface area contributed by atoms with Gasteiger partial charge >= 0.3 is 11.9 Å². The number of nitrogens with one attached hydrogen (secondary N) is 1. The fourth-order valence-electron chi connectivity index (χ4n) is 2.47. The predicted molar refractivity (Wildman–Crippen MR) is 113 cm³/mol. The molecule has 0 aliphatic carbocycles. The second-order valence-electron chi connectivity index (χ2n) is 5.77. The van der Waals surface area contributed by atoms with Crippen molar-refractivity contribution in [3.8, 4) is 17.2 Å². The predicted octanol–water partition coefficient (Wildman–Crippen LogP) is 3.51.